The Morgan fingerprint density at radius 2 is 0.571 bits per heavy atom. The molecular formula is LiO9Si3V-5. The smallest absolute Gasteiger partial charge is 0.672 e. The second-order valence-electron chi connectivity index (χ2n) is 0.750. The normalized spacial score (nSPS) is 5.14. The van der Waals surface area contributed by atoms with Crippen molar-refractivity contribution in [3.63, 3.8) is 0 Å². The molecule has 0 N–H and O–H groups in total. The van der Waals surface area contributed by atoms with Gasteiger partial charge in [-0.1, -0.05) is 0 Å². The van der Waals surface area contributed by atoms with Gasteiger partial charge < -0.3 is 42.2 Å². The molecule has 14 heavy (non-hydrogen) atoms. The standard InChI is InChI=1S/Li.3O3Si.V/c;3*1-4(2)3;/q+1;3*-2;. The molecule has 0 aromatic heterocycles. The van der Waals surface area contributed by atoms with Crippen LogP contribution in [0.4, 0.5) is 0 Å². The monoisotopic (exact) mass is 286 g/mol. The topological polar surface area (TPSA) is 190 Å². The first kappa shape index (κ1) is 29.2. The molecule has 0 heterocycles. The van der Waals surface area contributed by atoms with Gasteiger partial charge in [-0.25, -0.2) is 0 Å². The largest absolute Gasteiger partial charge is 1.00 e. The van der Waals surface area contributed by atoms with Gasteiger partial charge in [0.15, 0.2) is 0 Å². The van der Waals surface area contributed by atoms with Crippen molar-refractivity contribution >= 4 is 27.5 Å². The van der Waals surface area contributed by atoms with E-state index >= 15 is 0 Å². The van der Waals surface area contributed by atoms with Crippen LogP contribution in [0, 0.1) is 0 Å². The summed E-state index contributed by atoms with van der Waals surface area (Å²) in [6.45, 7) is 0. The molecule has 0 aromatic rings. The van der Waals surface area contributed by atoms with Crippen molar-refractivity contribution in [2.75, 3.05) is 0 Å². The zero-order valence-corrected chi connectivity index (χ0v) is 11.0. The second kappa shape index (κ2) is 23.1. The van der Waals surface area contributed by atoms with Crippen LogP contribution >= 0.6 is 0 Å². The Labute approximate surface area is 107 Å². The minimum absolute atomic E-state index is 0. The van der Waals surface area contributed by atoms with Gasteiger partial charge in [0.2, 0.25) is 0 Å². The molecule has 0 amide bonds. The molecule has 0 aromatic carbocycles. The van der Waals surface area contributed by atoms with Crippen LogP contribution in [0.1, 0.15) is 0 Å². The first-order chi connectivity index (χ1) is 5.20. The molecular weight excluding hydrogens is 286 g/mol. The van der Waals surface area contributed by atoms with E-state index in [-0.39, 0.29) is 37.4 Å². The summed E-state index contributed by atoms with van der Waals surface area (Å²) < 4.78 is 25.6. The van der Waals surface area contributed by atoms with E-state index in [4.69, 9.17) is 42.2 Å². The third-order valence-electron chi connectivity index (χ3n) is 0. The first-order valence-electron chi connectivity index (χ1n) is 1.84. The average Bonchev–Trinajstić information content (AvgIpc) is 1.54. The van der Waals surface area contributed by atoms with Crippen molar-refractivity contribution in [2.45, 2.75) is 0 Å². The van der Waals surface area contributed by atoms with E-state index in [1.165, 1.54) is 0 Å². The fourth-order valence-electron chi connectivity index (χ4n) is 0. The summed E-state index contributed by atoms with van der Waals surface area (Å²) in [6.07, 6.45) is 0. The maximum Gasteiger partial charge on any atom is 1.00 e. The molecule has 0 bridgehead atoms. The van der Waals surface area contributed by atoms with Gasteiger partial charge in [0, 0.05) is 46.1 Å². The van der Waals surface area contributed by atoms with E-state index in [1.54, 1.807) is 0 Å². The zero-order valence-electron chi connectivity index (χ0n) is 6.62. The van der Waals surface area contributed by atoms with Crippen LogP contribution < -0.4 is 47.6 Å². The summed E-state index contributed by atoms with van der Waals surface area (Å²) in [5.74, 6) is 0. The second-order valence-corrected chi connectivity index (χ2v) is 2.25. The molecule has 0 aliphatic heterocycles. The van der Waals surface area contributed by atoms with Gasteiger partial charge in [-0.3, -0.25) is 0 Å². The summed E-state index contributed by atoms with van der Waals surface area (Å²) in [4.78, 5) is 51.1. The van der Waals surface area contributed by atoms with Crippen LogP contribution in [0.5, 0.6) is 0 Å². The molecule has 0 saturated carbocycles. The molecule has 0 saturated heterocycles. The van der Waals surface area contributed by atoms with Gasteiger partial charge >= 0.3 is 18.9 Å². The van der Waals surface area contributed by atoms with Crippen molar-refractivity contribution in [1.29, 1.82) is 0 Å². The fourth-order valence-corrected chi connectivity index (χ4v) is 0. The Hall–Kier alpha value is 0.0325. The van der Waals surface area contributed by atoms with Crippen molar-refractivity contribution < 1.29 is 79.6 Å². The van der Waals surface area contributed by atoms with E-state index in [2.05, 4.69) is 0 Å². The summed E-state index contributed by atoms with van der Waals surface area (Å²) in [5, 5.41) is 0. The number of hydrogen-bond acceptors (Lipinski definition) is 9. The molecule has 9 nitrogen and oxygen atoms in total. The molecule has 0 fully saturated rings. The molecule has 0 rings (SSSR count). The molecule has 0 aliphatic rings. The van der Waals surface area contributed by atoms with Crippen molar-refractivity contribution in [3.05, 3.63) is 0 Å². The van der Waals surface area contributed by atoms with Crippen LogP contribution in [0.2, 0.25) is 0 Å². The van der Waals surface area contributed by atoms with Crippen LogP contribution in [0.3, 0.4) is 0 Å². The Morgan fingerprint density at radius 1 is 0.571 bits per heavy atom. The average molecular weight is 286 g/mol. The number of rotatable bonds is 0. The van der Waals surface area contributed by atoms with Gasteiger partial charge in [0.25, 0.3) is 0 Å². The summed E-state index contributed by atoms with van der Waals surface area (Å²) in [6, 6.07) is 0. The summed E-state index contributed by atoms with van der Waals surface area (Å²) >= 11 is 0. The maximum absolute atomic E-state index is 8.52. The van der Waals surface area contributed by atoms with E-state index in [1.807, 2.05) is 0 Å². The van der Waals surface area contributed by atoms with Gasteiger partial charge in [-0.15, -0.1) is 0 Å². The molecule has 1 radical (unpaired) electrons. The molecule has 77 valence electrons. The minimum Gasteiger partial charge on any atom is -0.672 e. The number of hydrogen-bond donors (Lipinski definition) is 0. The van der Waals surface area contributed by atoms with Gasteiger partial charge in [0.1, 0.15) is 0 Å². The van der Waals surface area contributed by atoms with E-state index < -0.39 is 27.5 Å². The van der Waals surface area contributed by atoms with Gasteiger partial charge in [0.05, 0.1) is 0 Å². The van der Waals surface area contributed by atoms with Crippen molar-refractivity contribution in [3.8, 4) is 0 Å². The Morgan fingerprint density at radius 3 is 0.571 bits per heavy atom. The Kier molecular flexibility index (Phi) is 48.3. The fraction of sp³-hybridized carbons (Fsp3) is 0. The predicted molar refractivity (Wildman–Crippen MR) is 19.3 cm³/mol. The van der Waals surface area contributed by atoms with Crippen molar-refractivity contribution in [1.82, 2.24) is 0 Å². The zero-order chi connectivity index (χ0) is 10.7. The first-order valence-corrected chi connectivity index (χ1v) is 5.51. The van der Waals surface area contributed by atoms with Crippen molar-refractivity contribution in [2.24, 2.45) is 0 Å². The maximum atomic E-state index is 8.52. The summed E-state index contributed by atoms with van der Waals surface area (Å²) in [5.41, 5.74) is 0. The molecule has 14 heteroatoms. The quantitative estimate of drug-likeness (QED) is 0.389. The van der Waals surface area contributed by atoms with Crippen LogP contribution in [0.25, 0.3) is 0 Å². The minimum atomic E-state index is -3.63. The SMILES string of the molecule is O=[Si]([O-])[O-].O=[Si]([O-])[O-].O=[Si]([O-])[O-].[Li+].[V]. The van der Waals surface area contributed by atoms with E-state index in [9.17, 15) is 0 Å². The molecule has 0 unspecified atom stereocenters. The molecule has 0 atom stereocenters. The predicted octanol–water partition coefficient (Wildman–Crippen LogP) is -11.6. The molecule has 0 aliphatic carbocycles. The third-order valence-corrected chi connectivity index (χ3v) is 0. The van der Waals surface area contributed by atoms with Gasteiger partial charge in [-0.2, -0.15) is 0 Å². The third kappa shape index (κ3) is 1390000. The summed E-state index contributed by atoms with van der Waals surface area (Å²) in [7, 11) is -10.9. The molecule has 0 spiro atoms. The Bertz CT molecular complexity index is 118. The van der Waals surface area contributed by atoms with Crippen LogP contribution in [-0.2, 0) is 31.9 Å². The van der Waals surface area contributed by atoms with E-state index in [0.717, 1.165) is 0 Å². The Balaban J connectivity index is -0.0000000270. The van der Waals surface area contributed by atoms with Crippen LogP contribution in [-0.4, -0.2) is 27.5 Å². The van der Waals surface area contributed by atoms with Crippen LogP contribution in [0.15, 0.2) is 0 Å². The van der Waals surface area contributed by atoms with E-state index in [0.29, 0.717) is 0 Å². The van der Waals surface area contributed by atoms with Gasteiger partial charge in [-0.05, 0) is 0 Å².